The Morgan fingerprint density at radius 2 is 1.64 bits per heavy atom. The van der Waals surface area contributed by atoms with E-state index in [4.69, 9.17) is 11.6 Å². The Morgan fingerprint density at radius 1 is 0.929 bits per heavy atom. The van der Waals surface area contributed by atoms with Crippen molar-refractivity contribution in [3.05, 3.63) is 76.8 Å². The average Bonchev–Trinajstić information content (AvgIpc) is 3.19. The molecule has 3 aromatic rings. The molecular formula is C19H16ClN5O3. The minimum atomic E-state index is -0.548. The molecule has 0 aliphatic rings. The van der Waals surface area contributed by atoms with E-state index in [0.717, 1.165) is 0 Å². The van der Waals surface area contributed by atoms with Gasteiger partial charge in [0.25, 0.3) is 17.7 Å². The van der Waals surface area contributed by atoms with E-state index >= 15 is 0 Å². The maximum Gasteiger partial charge on any atom is 0.276 e. The van der Waals surface area contributed by atoms with Crippen molar-refractivity contribution in [1.29, 1.82) is 0 Å². The van der Waals surface area contributed by atoms with Crippen molar-refractivity contribution in [2.24, 2.45) is 0 Å². The lowest BCUT2D eigenvalue weighted by Gasteiger charge is -2.08. The van der Waals surface area contributed by atoms with Crippen LogP contribution < -0.4 is 16.0 Å². The van der Waals surface area contributed by atoms with E-state index in [2.05, 4.69) is 25.9 Å². The molecule has 0 bridgehead atoms. The summed E-state index contributed by atoms with van der Waals surface area (Å²) in [5.41, 5.74) is 1.39. The predicted octanol–water partition coefficient (Wildman–Crippen LogP) is 2.93. The molecule has 0 spiro atoms. The number of carbonyl (C=O) groups excluding carboxylic acids is 3. The van der Waals surface area contributed by atoms with Crippen LogP contribution in [-0.2, 0) is 0 Å². The number of amides is 3. The molecule has 3 rings (SSSR count). The lowest BCUT2D eigenvalue weighted by atomic mass is 10.2. The normalized spacial score (nSPS) is 10.2. The Kier molecular flexibility index (Phi) is 5.71. The molecule has 1 aromatic heterocycles. The summed E-state index contributed by atoms with van der Waals surface area (Å²) in [6.07, 6.45) is 1.27. The van der Waals surface area contributed by atoms with Crippen LogP contribution in [0.3, 0.4) is 0 Å². The van der Waals surface area contributed by atoms with E-state index in [1.165, 1.54) is 13.4 Å². The van der Waals surface area contributed by atoms with Crippen LogP contribution in [0.5, 0.6) is 0 Å². The van der Waals surface area contributed by atoms with E-state index in [1.807, 2.05) is 0 Å². The molecule has 4 N–H and O–H groups in total. The number of anilines is 2. The molecular weight excluding hydrogens is 382 g/mol. The molecule has 0 saturated carbocycles. The number of hydrogen-bond acceptors (Lipinski definition) is 4. The standard InChI is InChI=1S/C19H16ClN5O3/c1-21-18(27)15-16(23-10-22-15)19(28)24-12-8-6-11(7-9-12)17(26)25-14-5-3-2-4-13(14)20/h2-10H,1H3,(H,21,27)(H,22,23)(H,24,28)(H,25,26). The van der Waals surface area contributed by atoms with Crippen LogP contribution in [0, 0.1) is 0 Å². The van der Waals surface area contributed by atoms with Crippen molar-refractivity contribution in [3.63, 3.8) is 0 Å². The highest BCUT2D eigenvalue weighted by Crippen LogP contribution is 2.21. The smallest absolute Gasteiger partial charge is 0.276 e. The van der Waals surface area contributed by atoms with Gasteiger partial charge in [-0.2, -0.15) is 0 Å². The first kappa shape index (κ1) is 19.1. The molecule has 8 nitrogen and oxygen atoms in total. The minimum Gasteiger partial charge on any atom is -0.354 e. The van der Waals surface area contributed by atoms with Crippen LogP contribution in [-0.4, -0.2) is 34.7 Å². The highest BCUT2D eigenvalue weighted by atomic mass is 35.5. The summed E-state index contributed by atoms with van der Waals surface area (Å²) in [7, 11) is 1.46. The van der Waals surface area contributed by atoms with Gasteiger partial charge >= 0.3 is 0 Å². The molecule has 2 aromatic carbocycles. The average molecular weight is 398 g/mol. The summed E-state index contributed by atoms with van der Waals surface area (Å²) in [6, 6.07) is 13.2. The van der Waals surface area contributed by atoms with Crippen LogP contribution >= 0.6 is 11.6 Å². The number of imidazole rings is 1. The molecule has 1 heterocycles. The van der Waals surface area contributed by atoms with Gasteiger partial charge < -0.3 is 20.9 Å². The van der Waals surface area contributed by atoms with E-state index in [0.29, 0.717) is 22.0 Å². The molecule has 0 atom stereocenters. The predicted molar refractivity (Wildman–Crippen MR) is 106 cm³/mol. The highest BCUT2D eigenvalue weighted by molar-refractivity contribution is 6.33. The zero-order chi connectivity index (χ0) is 20.1. The third-order valence-corrected chi connectivity index (χ3v) is 4.17. The van der Waals surface area contributed by atoms with Gasteiger partial charge in [-0.1, -0.05) is 23.7 Å². The largest absolute Gasteiger partial charge is 0.354 e. The summed E-state index contributed by atoms with van der Waals surface area (Å²) in [5, 5.41) is 8.22. The number of aromatic nitrogens is 2. The number of halogens is 1. The Hall–Kier alpha value is -3.65. The number of benzene rings is 2. The van der Waals surface area contributed by atoms with Crippen molar-refractivity contribution in [2.75, 3.05) is 17.7 Å². The number of para-hydroxylation sites is 1. The molecule has 28 heavy (non-hydrogen) atoms. The number of nitrogens with zero attached hydrogens (tertiary/aromatic N) is 1. The zero-order valence-corrected chi connectivity index (χ0v) is 15.5. The van der Waals surface area contributed by atoms with Gasteiger partial charge in [-0.3, -0.25) is 14.4 Å². The molecule has 0 unspecified atom stereocenters. The molecule has 0 radical (unpaired) electrons. The molecule has 3 amide bonds. The van der Waals surface area contributed by atoms with Gasteiger partial charge in [0, 0.05) is 18.3 Å². The molecule has 0 aliphatic heterocycles. The van der Waals surface area contributed by atoms with Crippen molar-refractivity contribution < 1.29 is 14.4 Å². The summed E-state index contributed by atoms with van der Waals surface area (Å²) in [5.74, 6) is -1.33. The van der Waals surface area contributed by atoms with Crippen LogP contribution in [0.1, 0.15) is 31.3 Å². The minimum absolute atomic E-state index is 0.0279. The second-order valence-corrected chi connectivity index (χ2v) is 6.08. The summed E-state index contributed by atoms with van der Waals surface area (Å²) < 4.78 is 0. The van der Waals surface area contributed by atoms with E-state index in [9.17, 15) is 14.4 Å². The van der Waals surface area contributed by atoms with Gasteiger partial charge in [-0.15, -0.1) is 0 Å². The summed E-state index contributed by atoms with van der Waals surface area (Å²) in [4.78, 5) is 42.9. The first-order valence-corrected chi connectivity index (χ1v) is 8.60. The third-order valence-electron chi connectivity index (χ3n) is 3.84. The van der Waals surface area contributed by atoms with Crippen molar-refractivity contribution in [1.82, 2.24) is 15.3 Å². The fraction of sp³-hybridized carbons (Fsp3) is 0.0526. The maximum absolute atomic E-state index is 12.3. The second kappa shape index (κ2) is 8.36. The molecule has 142 valence electrons. The van der Waals surface area contributed by atoms with E-state index in [-0.39, 0.29) is 17.3 Å². The molecule has 0 fully saturated rings. The van der Waals surface area contributed by atoms with Gasteiger partial charge in [0.2, 0.25) is 0 Å². The Labute approximate surface area is 165 Å². The van der Waals surface area contributed by atoms with Crippen molar-refractivity contribution >= 4 is 40.7 Å². The highest BCUT2D eigenvalue weighted by Gasteiger charge is 2.19. The Morgan fingerprint density at radius 3 is 2.32 bits per heavy atom. The van der Waals surface area contributed by atoms with Gasteiger partial charge in [0.05, 0.1) is 17.0 Å². The molecule has 9 heteroatoms. The number of hydrogen-bond donors (Lipinski definition) is 4. The van der Waals surface area contributed by atoms with Crippen LogP contribution in [0.4, 0.5) is 11.4 Å². The quantitative estimate of drug-likeness (QED) is 0.529. The lowest BCUT2D eigenvalue weighted by molar-refractivity contribution is 0.0943. The molecule has 0 saturated heterocycles. The lowest BCUT2D eigenvalue weighted by Crippen LogP contribution is -2.23. The van der Waals surface area contributed by atoms with Crippen molar-refractivity contribution in [3.8, 4) is 0 Å². The van der Waals surface area contributed by atoms with Crippen molar-refractivity contribution in [2.45, 2.75) is 0 Å². The first-order valence-electron chi connectivity index (χ1n) is 8.22. The fourth-order valence-electron chi connectivity index (χ4n) is 2.42. The topological polar surface area (TPSA) is 116 Å². The van der Waals surface area contributed by atoms with Crippen LogP contribution in [0.15, 0.2) is 54.9 Å². The first-order chi connectivity index (χ1) is 13.5. The molecule has 0 aliphatic carbocycles. The van der Waals surface area contributed by atoms with E-state index < -0.39 is 11.8 Å². The number of rotatable bonds is 5. The maximum atomic E-state index is 12.3. The van der Waals surface area contributed by atoms with E-state index in [1.54, 1.807) is 48.5 Å². The van der Waals surface area contributed by atoms with Crippen LogP contribution in [0.2, 0.25) is 5.02 Å². The number of H-pyrrole nitrogens is 1. The Bertz CT molecular complexity index is 1030. The summed E-state index contributed by atoms with van der Waals surface area (Å²) >= 11 is 6.03. The zero-order valence-electron chi connectivity index (χ0n) is 14.7. The number of aromatic amines is 1. The monoisotopic (exact) mass is 397 g/mol. The van der Waals surface area contributed by atoms with Crippen LogP contribution in [0.25, 0.3) is 0 Å². The second-order valence-electron chi connectivity index (χ2n) is 5.67. The Balaban J connectivity index is 1.68. The summed E-state index contributed by atoms with van der Waals surface area (Å²) in [6.45, 7) is 0. The number of carbonyl (C=O) groups is 3. The van der Waals surface area contributed by atoms with Gasteiger partial charge in [0.1, 0.15) is 5.69 Å². The van der Waals surface area contributed by atoms with Gasteiger partial charge in [-0.05, 0) is 36.4 Å². The van der Waals surface area contributed by atoms with Gasteiger partial charge in [-0.25, -0.2) is 4.98 Å². The third kappa shape index (κ3) is 4.18. The SMILES string of the molecule is CNC(=O)c1[nH]cnc1C(=O)Nc1ccc(C(=O)Nc2ccccc2Cl)cc1. The number of nitrogens with one attached hydrogen (secondary N) is 4. The van der Waals surface area contributed by atoms with Gasteiger partial charge in [0.15, 0.2) is 5.69 Å². The fourth-order valence-corrected chi connectivity index (χ4v) is 2.60.